The van der Waals surface area contributed by atoms with E-state index >= 15 is 0 Å². The van der Waals surface area contributed by atoms with Crippen LogP contribution >= 0.6 is 0 Å². The van der Waals surface area contributed by atoms with Crippen molar-refractivity contribution in [3.63, 3.8) is 0 Å². The molecule has 0 radical (unpaired) electrons. The number of ether oxygens (including phenoxy) is 1. The molecule has 2 N–H and O–H groups in total. The molecule has 0 bridgehead atoms. The summed E-state index contributed by atoms with van der Waals surface area (Å²) in [5.74, 6) is -3.87. The van der Waals surface area contributed by atoms with Gasteiger partial charge in [-0.1, -0.05) is 6.92 Å². The smallest absolute Gasteiger partial charge is 0.317 e. The van der Waals surface area contributed by atoms with Crippen LogP contribution in [0.15, 0.2) is 0 Å². The second kappa shape index (κ2) is 7.32. The van der Waals surface area contributed by atoms with Gasteiger partial charge in [0.1, 0.15) is 0 Å². The molecule has 0 aliphatic heterocycles. The zero-order valence-corrected chi connectivity index (χ0v) is 8.23. The maximum absolute atomic E-state index is 10.4. The molecule has 0 aliphatic rings. The van der Waals surface area contributed by atoms with E-state index in [4.69, 9.17) is 14.9 Å². The summed E-state index contributed by atoms with van der Waals surface area (Å²) in [4.78, 5) is 20.9. The van der Waals surface area contributed by atoms with Crippen molar-refractivity contribution in [3.05, 3.63) is 0 Å². The minimum Gasteiger partial charge on any atom is -0.481 e. The summed E-state index contributed by atoms with van der Waals surface area (Å²) >= 11 is 0. The van der Waals surface area contributed by atoms with Crippen LogP contribution in [0.3, 0.4) is 0 Å². The zero-order chi connectivity index (χ0) is 11.0. The van der Waals surface area contributed by atoms with E-state index in [1.165, 1.54) is 0 Å². The Hall–Kier alpha value is -1.10. The molecule has 0 saturated heterocycles. The average Bonchev–Trinajstić information content (AvgIpc) is 2.09. The quantitative estimate of drug-likeness (QED) is 0.454. The van der Waals surface area contributed by atoms with Gasteiger partial charge >= 0.3 is 11.9 Å². The summed E-state index contributed by atoms with van der Waals surface area (Å²) in [5.41, 5.74) is 0. The molecular weight excluding hydrogens is 188 g/mol. The monoisotopic (exact) mass is 204 g/mol. The number of carbonyl (C=O) groups is 2. The van der Waals surface area contributed by atoms with Crippen LogP contribution in [0.5, 0.6) is 0 Å². The highest BCUT2D eigenvalue weighted by Gasteiger charge is 2.24. The zero-order valence-electron chi connectivity index (χ0n) is 8.23. The van der Waals surface area contributed by atoms with Crippen molar-refractivity contribution in [2.24, 2.45) is 5.92 Å². The molecular formula is C9H16O5. The lowest BCUT2D eigenvalue weighted by molar-refractivity contribution is -0.154. The normalized spacial score (nSPS) is 10.4. The Balaban J connectivity index is 3.62. The van der Waals surface area contributed by atoms with Crippen LogP contribution in [0.1, 0.15) is 26.2 Å². The van der Waals surface area contributed by atoms with E-state index < -0.39 is 17.9 Å². The molecule has 0 unspecified atom stereocenters. The van der Waals surface area contributed by atoms with Crippen molar-refractivity contribution in [2.45, 2.75) is 26.2 Å². The van der Waals surface area contributed by atoms with E-state index in [2.05, 4.69) is 0 Å². The minimum absolute atomic E-state index is 0.119. The second-order valence-electron chi connectivity index (χ2n) is 2.98. The first kappa shape index (κ1) is 12.9. The highest BCUT2D eigenvalue weighted by molar-refractivity contribution is 5.92. The van der Waals surface area contributed by atoms with Gasteiger partial charge in [0.05, 0.1) is 0 Å². The number of hydrogen-bond donors (Lipinski definition) is 2. The summed E-state index contributed by atoms with van der Waals surface area (Å²) < 4.78 is 5.11. The molecule has 0 aliphatic carbocycles. The fourth-order valence-corrected chi connectivity index (χ4v) is 0.988. The second-order valence-corrected chi connectivity index (χ2v) is 2.98. The Kier molecular flexibility index (Phi) is 6.74. The van der Waals surface area contributed by atoms with Gasteiger partial charge in [-0.05, 0) is 19.3 Å². The van der Waals surface area contributed by atoms with Crippen LogP contribution in [0.2, 0.25) is 0 Å². The lowest BCUT2D eigenvalue weighted by Gasteiger charge is -2.06. The predicted octanol–water partition coefficient (Wildman–Crippen LogP) is 0.979. The molecule has 0 amide bonds. The third-order valence-corrected chi connectivity index (χ3v) is 1.73. The number of carboxylic acid groups (broad SMARTS) is 2. The first-order chi connectivity index (χ1) is 6.59. The third-order valence-electron chi connectivity index (χ3n) is 1.73. The maximum Gasteiger partial charge on any atom is 0.317 e. The van der Waals surface area contributed by atoms with Crippen LogP contribution in [-0.4, -0.2) is 35.4 Å². The molecule has 0 rings (SSSR count). The molecule has 0 saturated carbocycles. The number of carboxylic acids is 2. The summed E-state index contributed by atoms with van der Waals surface area (Å²) in [5, 5.41) is 17.0. The fraction of sp³-hybridized carbons (Fsp3) is 0.778. The molecule has 0 aromatic carbocycles. The molecule has 0 aromatic rings. The minimum atomic E-state index is -1.31. The Bertz CT molecular complexity index is 176. The molecule has 0 atom stereocenters. The van der Waals surface area contributed by atoms with Gasteiger partial charge in [-0.2, -0.15) is 0 Å². The van der Waals surface area contributed by atoms with Crippen molar-refractivity contribution < 1.29 is 24.5 Å². The lowest BCUT2D eigenvalue weighted by Crippen LogP contribution is -2.23. The highest BCUT2D eigenvalue weighted by Crippen LogP contribution is 2.07. The Morgan fingerprint density at radius 1 is 1.21 bits per heavy atom. The molecule has 5 heteroatoms. The van der Waals surface area contributed by atoms with E-state index in [0.717, 1.165) is 6.42 Å². The van der Waals surface area contributed by atoms with Crippen molar-refractivity contribution in [1.29, 1.82) is 0 Å². The summed E-state index contributed by atoms with van der Waals surface area (Å²) in [6, 6.07) is 0. The van der Waals surface area contributed by atoms with Crippen LogP contribution in [-0.2, 0) is 14.3 Å². The number of hydrogen-bond acceptors (Lipinski definition) is 3. The Labute approximate surface area is 82.7 Å². The van der Waals surface area contributed by atoms with Gasteiger partial charge < -0.3 is 14.9 Å². The molecule has 82 valence electrons. The van der Waals surface area contributed by atoms with Crippen molar-refractivity contribution >= 4 is 11.9 Å². The Morgan fingerprint density at radius 2 is 1.79 bits per heavy atom. The highest BCUT2D eigenvalue weighted by atomic mass is 16.5. The molecule has 14 heavy (non-hydrogen) atoms. The van der Waals surface area contributed by atoms with Crippen LogP contribution in [0.25, 0.3) is 0 Å². The van der Waals surface area contributed by atoms with Crippen LogP contribution in [0, 0.1) is 5.92 Å². The average molecular weight is 204 g/mol. The summed E-state index contributed by atoms with van der Waals surface area (Å²) in [6.07, 6.45) is 1.49. The molecule has 0 heterocycles. The van der Waals surface area contributed by atoms with Gasteiger partial charge in [0.15, 0.2) is 5.92 Å². The van der Waals surface area contributed by atoms with Gasteiger partial charge in [0, 0.05) is 13.2 Å². The standard InChI is InChI=1S/C9H16O5/c1-2-5-14-6-3-4-7(8(10)11)9(12)13/h7H,2-6H2,1H3,(H,10,11)(H,12,13). The van der Waals surface area contributed by atoms with E-state index in [-0.39, 0.29) is 6.42 Å². The predicted molar refractivity (Wildman–Crippen MR) is 49.1 cm³/mol. The van der Waals surface area contributed by atoms with Gasteiger partial charge in [0.2, 0.25) is 0 Å². The molecule has 0 fully saturated rings. The topological polar surface area (TPSA) is 83.8 Å². The van der Waals surface area contributed by atoms with Crippen molar-refractivity contribution in [3.8, 4) is 0 Å². The third kappa shape index (κ3) is 5.53. The van der Waals surface area contributed by atoms with E-state index in [0.29, 0.717) is 19.6 Å². The first-order valence-corrected chi connectivity index (χ1v) is 4.63. The number of aliphatic carboxylic acids is 2. The van der Waals surface area contributed by atoms with E-state index in [1.54, 1.807) is 0 Å². The number of rotatable bonds is 8. The van der Waals surface area contributed by atoms with Gasteiger partial charge in [-0.25, -0.2) is 0 Å². The van der Waals surface area contributed by atoms with E-state index in [9.17, 15) is 9.59 Å². The van der Waals surface area contributed by atoms with Gasteiger partial charge in [-0.15, -0.1) is 0 Å². The largest absolute Gasteiger partial charge is 0.481 e. The van der Waals surface area contributed by atoms with E-state index in [1.807, 2.05) is 6.92 Å². The van der Waals surface area contributed by atoms with Crippen molar-refractivity contribution in [1.82, 2.24) is 0 Å². The van der Waals surface area contributed by atoms with Crippen LogP contribution < -0.4 is 0 Å². The maximum atomic E-state index is 10.4. The Morgan fingerprint density at radius 3 is 2.21 bits per heavy atom. The molecule has 0 spiro atoms. The van der Waals surface area contributed by atoms with Crippen molar-refractivity contribution in [2.75, 3.05) is 13.2 Å². The fourth-order valence-electron chi connectivity index (χ4n) is 0.988. The SMILES string of the molecule is CCCOCCCC(C(=O)O)C(=O)O. The van der Waals surface area contributed by atoms with Gasteiger partial charge in [-0.3, -0.25) is 9.59 Å². The first-order valence-electron chi connectivity index (χ1n) is 4.63. The van der Waals surface area contributed by atoms with Gasteiger partial charge in [0.25, 0.3) is 0 Å². The lowest BCUT2D eigenvalue weighted by atomic mass is 10.0. The molecule has 5 nitrogen and oxygen atoms in total. The van der Waals surface area contributed by atoms with Crippen LogP contribution in [0.4, 0.5) is 0 Å². The molecule has 0 aromatic heterocycles. The summed E-state index contributed by atoms with van der Waals surface area (Å²) in [6.45, 7) is 3.02. The summed E-state index contributed by atoms with van der Waals surface area (Å²) in [7, 11) is 0.